The molecule has 0 aromatic heterocycles. The van der Waals surface area contributed by atoms with Gasteiger partial charge in [-0.3, -0.25) is 0 Å². The fourth-order valence-electron chi connectivity index (χ4n) is 1.70. The topological polar surface area (TPSA) is 33.0 Å². The fourth-order valence-corrected chi connectivity index (χ4v) is 3.02. The number of nitriles is 1. The Morgan fingerprint density at radius 2 is 2.38 bits per heavy atom. The van der Waals surface area contributed by atoms with Crippen molar-refractivity contribution in [2.24, 2.45) is 0 Å². The van der Waals surface area contributed by atoms with Crippen LogP contribution >= 0.6 is 11.8 Å². The van der Waals surface area contributed by atoms with E-state index in [9.17, 15) is 0 Å². The summed E-state index contributed by atoms with van der Waals surface area (Å²) >= 11 is 1.85. The van der Waals surface area contributed by atoms with E-state index in [1.54, 1.807) is 7.11 Å². The maximum absolute atomic E-state index is 9.07. The van der Waals surface area contributed by atoms with Gasteiger partial charge in [0.1, 0.15) is 4.75 Å². The zero-order valence-electron chi connectivity index (χ0n) is 8.21. The molecule has 1 heterocycles. The standard InChI is InChI=1S/C10H17NOS/c1-12-7-3-2-5-10(9-11)6-4-8-13-10/h2-8H2,1H3. The Kier molecular flexibility index (Phi) is 4.61. The fraction of sp³-hybridized carbons (Fsp3) is 0.900. The summed E-state index contributed by atoms with van der Waals surface area (Å²) < 4.78 is 4.94. The first kappa shape index (κ1) is 10.9. The van der Waals surface area contributed by atoms with E-state index in [2.05, 4.69) is 6.07 Å². The van der Waals surface area contributed by atoms with E-state index in [0.29, 0.717) is 0 Å². The molecule has 2 nitrogen and oxygen atoms in total. The van der Waals surface area contributed by atoms with E-state index in [1.807, 2.05) is 11.8 Å². The van der Waals surface area contributed by atoms with Gasteiger partial charge in [-0.05, 0) is 37.9 Å². The Bertz CT molecular complexity index is 182. The average molecular weight is 199 g/mol. The summed E-state index contributed by atoms with van der Waals surface area (Å²) in [7, 11) is 1.73. The van der Waals surface area contributed by atoms with Gasteiger partial charge in [-0.15, -0.1) is 11.8 Å². The van der Waals surface area contributed by atoms with Crippen molar-refractivity contribution in [3.05, 3.63) is 0 Å². The summed E-state index contributed by atoms with van der Waals surface area (Å²) in [5.41, 5.74) is 0. The van der Waals surface area contributed by atoms with Gasteiger partial charge in [-0.25, -0.2) is 0 Å². The van der Waals surface area contributed by atoms with E-state index >= 15 is 0 Å². The number of unbranched alkanes of at least 4 members (excludes halogenated alkanes) is 1. The Morgan fingerprint density at radius 1 is 1.54 bits per heavy atom. The molecule has 1 unspecified atom stereocenters. The number of methoxy groups -OCH3 is 1. The molecule has 0 N–H and O–H groups in total. The van der Waals surface area contributed by atoms with Crippen molar-refractivity contribution < 1.29 is 4.74 Å². The highest BCUT2D eigenvalue weighted by Crippen LogP contribution is 2.41. The van der Waals surface area contributed by atoms with E-state index < -0.39 is 0 Å². The molecule has 0 radical (unpaired) electrons. The van der Waals surface area contributed by atoms with E-state index in [4.69, 9.17) is 10.00 Å². The summed E-state index contributed by atoms with van der Waals surface area (Å²) in [5, 5.41) is 9.07. The monoisotopic (exact) mass is 199 g/mol. The van der Waals surface area contributed by atoms with Crippen molar-refractivity contribution in [2.75, 3.05) is 19.5 Å². The summed E-state index contributed by atoms with van der Waals surface area (Å²) in [6.45, 7) is 0.826. The summed E-state index contributed by atoms with van der Waals surface area (Å²) in [6.07, 6.45) is 5.54. The first-order valence-corrected chi connectivity index (χ1v) is 5.86. The van der Waals surface area contributed by atoms with Crippen molar-refractivity contribution in [1.29, 1.82) is 5.26 Å². The highest BCUT2D eigenvalue weighted by atomic mass is 32.2. The molecule has 1 saturated heterocycles. The molecule has 0 bridgehead atoms. The van der Waals surface area contributed by atoms with Crippen LogP contribution in [0.5, 0.6) is 0 Å². The van der Waals surface area contributed by atoms with Gasteiger partial charge < -0.3 is 4.74 Å². The Labute approximate surface area is 84.6 Å². The third-order valence-electron chi connectivity index (χ3n) is 2.49. The quantitative estimate of drug-likeness (QED) is 0.638. The third kappa shape index (κ3) is 3.21. The molecule has 13 heavy (non-hydrogen) atoms. The van der Waals surface area contributed by atoms with Crippen LogP contribution in [0.15, 0.2) is 0 Å². The van der Waals surface area contributed by atoms with Crippen molar-refractivity contribution in [3.8, 4) is 6.07 Å². The minimum Gasteiger partial charge on any atom is -0.385 e. The van der Waals surface area contributed by atoms with Crippen molar-refractivity contribution in [1.82, 2.24) is 0 Å². The molecule has 0 amide bonds. The highest BCUT2D eigenvalue weighted by Gasteiger charge is 2.33. The lowest BCUT2D eigenvalue weighted by Crippen LogP contribution is -2.17. The molecule has 1 atom stereocenters. The molecular weight excluding hydrogens is 182 g/mol. The van der Waals surface area contributed by atoms with Gasteiger partial charge in [0.15, 0.2) is 0 Å². The Morgan fingerprint density at radius 3 is 2.92 bits per heavy atom. The van der Waals surface area contributed by atoms with Gasteiger partial charge in [0.05, 0.1) is 6.07 Å². The molecule has 1 aliphatic heterocycles. The molecule has 1 fully saturated rings. The number of nitrogens with zero attached hydrogens (tertiary/aromatic N) is 1. The predicted octanol–water partition coefficient (Wildman–Crippen LogP) is 2.59. The molecule has 0 aromatic carbocycles. The zero-order chi connectivity index (χ0) is 9.57. The van der Waals surface area contributed by atoms with Gasteiger partial charge in [0, 0.05) is 13.7 Å². The second-order valence-electron chi connectivity index (χ2n) is 3.51. The maximum atomic E-state index is 9.07. The van der Waals surface area contributed by atoms with Crippen LogP contribution in [0.4, 0.5) is 0 Å². The van der Waals surface area contributed by atoms with Crippen LogP contribution in [0, 0.1) is 11.3 Å². The molecule has 0 aliphatic carbocycles. The van der Waals surface area contributed by atoms with Crippen LogP contribution < -0.4 is 0 Å². The number of ether oxygens (including phenoxy) is 1. The zero-order valence-corrected chi connectivity index (χ0v) is 9.03. The molecule has 1 rings (SSSR count). The van der Waals surface area contributed by atoms with Crippen molar-refractivity contribution >= 4 is 11.8 Å². The van der Waals surface area contributed by atoms with E-state index in [0.717, 1.165) is 38.0 Å². The van der Waals surface area contributed by atoms with E-state index in [1.165, 1.54) is 6.42 Å². The lowest BCUT2D eigenvalue weighted by Gasteiger charge is -2.18. The van der Waals surface area contributed by atoms with Crippen LogP contribution in [0.25, 0.3) is 0 Å². The summed E-state index contributed by atoms with van der Waals surface area (Å²) in [4.78, 5) is 0. The molecular formula is C10H17NOS. The average Bonchev–Trinajstić information content (AvgIpc) is 2.62. The maximum Gasteiger partial charge on any atom is 0.102 e. The first-order valence-electron chi connectivity index (χ1n) is 4.87. The summed E-state index contributed by atoms with van der Waals surface area (Å²) in [6, 6.07) is 2.48. The second-order valence-corrected chi connectivity index (χ2v) is 4.99. The lowest BCUT2D eigenvalue weighted by molar-refractivity contribution is 0.191. The SMILES string of the molecule is COCCCCC1(C#N)CCCS1. The lowest BCUT2D eigenvalue weighted by atomic mass is 9.98. The van der Waals surface area contributed by atoms with Crippen LogP contribution in [-0.4, -0.2) is 24.2 Å². The molecule has 0 aromatic rings. The van der Waals surface area contributed by atoms with E-state index in [-0.39, 0.29) is 4.75 Å². The van der Waals surface area contributed by atoms with Crippen LogP contribution in [0.1, 0.15) is 32.1 Å². The van der Waals surface area contributed by atoms with Gasteiger partial charge in [0.25, 0.3) is 0 Å². The van der Waals surface area contributed by atoms with Crippen LogP contribution in [-0.2, 0) is 4.74 Å². The van der Waals surface area contributed by atoms with Crippen molar-refractivity contribution in [2.45, 2.75) is 36.9 Å². The molecule has 74 valence electrons. The van der Waals surface area contributed by atoms with Crippen molar-refractivity contribution in [3.63, 3.8) is 0 Å². The number of hydrogen-bond acceptors (Lipinski definition) is 3. The van der Waals surface area contributed by atoms with Crippen LogP contribution in [0.3, 0.4) is 0 Å². The predicted molar refractivity (Wildman–Crippen MR) is 55.8 cm³/mol. The number of thioether (sulfide) groups is 1. The normalized spacial score (nSPS) is 27.4. The third-order valence-corrected chi connectivity index (χ3v) is 4.03. The van der Waals surface area contributed by atoms with Crippen LogP contribution in [0.2, 0.25) is 0 Å². The second kappa shape index (κ2) is 5.51. The number of rotatable bonds is 5. The van der Waals surface area contributed by atoms with Gasteiger partial charge in [-0.2, -0.15) is 5.26 Å². The summed E-state index contributed by atoms with van der Waals surface area (Å²) in [5.74, 6) is 1.16. The largest absolute Gasteiger partial charge is 0.385 e. The minimum absolute atomic E-state index is 0.0479. The van der Waals surface area contributed by atoms with Gasteiger partial charge >= 0.3 is 0 Å². The highest BCUT2D eigenvalue weighted by molar-refractivity contribution is 8.01. The van der Waals surface area contributed by atoms with Gasteiger partial charge in [0.2, 0.25) is 0 Å². The Balaban J connectivity index is 2.21. The molecule has 3 heteroatoms. The molecule has 0 spiro atoms. The molecule has 1 aliphatic rings. The first-order chi connectivity index (χ1) is 6.33. The Hall–Kier alpha value is -0.200. The number of hydrogen-bond donors (Lipinski definition) is 0. The molecule has 0 saturated carbocycles. The minimum atomic E-state index is -0.0479. The van der Waals surface area contributed by atoms with Gasteiger partial charge in [-0.1, -0.05) is 0 Å². The smallest absolute Gasteiger partial charge is 0.102 e.